The van der Waals surface area contributed by atoms with Crippen molar-refractivity contribution in [3.63, 3.8) is 0 Å². The van der Waals surface area contributed by atoms with E-state index in [2.05, 4.69) is 5.32 Å². The molecule has 2 heteroatoms. The first kappa shape index (κ1) is 7.56. The van der Waals surface area contributed by atoms with Crippen molar-refractivity contribution in [2.24, 2.45) is 17.8 Å². The van der Waals surface area contributed by atoms with Gasteiger partial charge in [0, 0.05) is 6.61 Å². The quantitative estimate of drug-likeness (QED) is 0.612. The summed E-state index contributed by atoms with van der Waals surface area (Å²) in [5.74, 6) is 2.59. The van der Waals surface area contributed by atoms with Crippen molar-refractivity contribution in [2.45, 2.75) is 19.3 Å². The molecule has 2 nitrogen and oxygen atoms in total. The van der Waals surface area contributed by atoms with E-state index in [4.69, 9.17) is 5.11 Å². The second-order valence-corrected chi connectivity index (χ2v) is 3.93. The van der Waals surface area contributed by atoms with Gasteiger partial charge >= 0.3 is 0 Å². The van der Waals surface area contributed by atoms with Crippen LogP contribution in [0, 0.1) is 17.8 Å². The van der Waals surface area contributed by atoms with Crippen molar-refractivity contribution in [3.8, 4) is 0 Å². The van der Waals surface area contributed by atoms with E-state index >= 15 is 0 Å². The van der Waals surface area contributed by atoms with Crippen LogP contribution in [0.3, 0.4) is 0 Å². The van der Waals surface area contributed by atoms with E-state index in [1.807, 2.05) is 0 Å². The van der Waals surface area contributed by atoms with Crippen LogP contribution in [0.15, 0.2) is 0 Å². The summed E-state index contributed by atoms with van der Waals surface area (Å²) in [6.45, 7) is 2.78. The van der Waals surface area contributed by atoms with E-state index in [1.165, 1.54) is 25.9 Å². The number of hydrogen-bond donors (Lipinski definition) is 2. The number of aliphatic hydroxyl groups excluding tert-OH is 1. The van der Waals surface area contributed by atoms with Gasteiger partial charge in [-0.25, -0.2) is 0 Å². The van der Waals surface area contributed by atoms with E-state index in [-0.39, 0.29) is 0 Å². The average Bonchev–Trinajstić information content (AvgIpc) is 2.30. The lowest BCUT2D eigenvalue weighted by molar-refractivity contribution is 0.179. The fourth-order valence-electron chi connectivity index (χ4n) is 2.82. The number of hydrogen-bond acceptors (Lipinski definition) is 2. The molecule has 0 spiro atoms. The Kier molecular flexibility index (Phi) is 2.14. The summed E-state index contributed by atoms with van der Waals surface area (Å²) in [7, 11) is 0. The van der Waals surface area contributed by atoms with Crippen LogP contribution in [0.2, 0.25) is 0 Å². The summed E-state index contributed by atoms with van der Waals surface area (Å²) in [6, 6.07) is 0. The molecule has 2 N–H and O–H groups in total. The Hall–Kier alpha value is -0.0800. The van der Waals surface area contributed by atoms with Crippen LogP contribution >= 0.6 is 0 Å². The zero-order valence-corrected chi connectivity index (χ0v) is 6.92. The largest absolute Gasteiger partial charge is 0.396 e. The first-order valence-electron chi connectivity index (χ1n) is 4.73. The number of fused-ring (bicyclic) bond motifs is 2. The van der Waals surface area contributed by atoms with Crippen LogP contribution in [-0.4, -0.2) is 24.8 Å². The van der Waals surface area contributed by atoms with Gasteiger partial charge in [0.15, 0.2) is 0 Å². The molecule has 1 saturated carbocycles. The summed E-state index contributed by atoms with van der Waals surface area (Å²) < 4.78 is 0. The maximum Gasteiger partial charge on any atom is 0.0433 e. The SMILES string of the molecule is OCCC1[C@@H]2CC[C@H]1CNC2. The van der Waals surface area contributed by atoms with Crippen LogP contribution < -0.4 is 5.32 Å². The molecule has 1 aliphatic heterocycles. The normalized spacial score (nSPS) is 42.8. The highest BCUT2D eigenvalue weighted by atomic mass is 16.3. The topological polar surface area (TPSA) is 32.3 Å². The molecule has 2 aliphatic rings. The van der Waals surface area contributed by atoms with Crippen molar-refractivity contribution in [1.82, 2.24) is 5.32 Å². The van der Waals surface area contributed by atoms with Gasteiger partial charge in [-0.3, -0.25) is 0 Å². The molecule has 1 heterocycles. The molecule has 0 amide bonds. The average molecular weight is 155 g/mol. The highest BCUT2D eigenvalue weighted by Gasteiger charge is 2.37. The molecule has 2 rings (SSSR count). The molecule has 2 bridgehead atoms. The van der Waals surface area contributed by atoms with Gasteiger partial charge in [0.05, 0.1) is 0 Å². The summed E-state index contributed by atoms with van der Waals surface area (Å²) >= 11 is 0. The van der Waals surface area contributed by atoms with Gasteiger partial charge in [0.25, 0.3) is 0 Å². The summed E-state index contributed by atoms with van der Waals surface area (Å²) in [6.07, 6.45) is 3.82. The van der Waals surface area contributed by atoms with Crippen molar-refractivity contribution in [1.29, 1.82) is 0 Å². The van der Waals surface area contributed by atoms with Crippen molar-refractivity contribution in [2.75, 3.05) is 19.7 Å². The molecule has 64 valence electrons. The first-order chi connectivity index (χ1) is 5.42. The minimum Gasteiger partial charge on any atom is -0.396 e. The van der Waals surface area contributed by atoms with E-state index in [1.54, 1.807) is 0 Å². The maximum atomic E-state index is 8.86. The molecule has 0 aromatic carbocycles. The Morgan fingerprint density at radius 2 is 1.82 bits per heavy atom. The first-order valence-corrected chi connectivity index (χ1v) is 4.73. The summed E-state index contributed by atoms with van der Waals surface area (Å²) in [5.41, 5.74) is 0. The van der Waals surface area contributed by atoms with Crippen LogP contribution in [0.1, 0.15) is 19.3 Å². The van der Waals surface area contributed by atoms with E-state index in [0.717, 1.165) is 24.2 Å². The smallest absolute Gasteiger partial charge is 0.0433 e. The van der Waals surface area contributed by atoms with Gasteiger partial charge in [-0.05, 0) is 50.1 Å². The van der Waals surface area contributed by atoms with Crippen molar-refractivity contribution in [3.05, 3.63) is 0 Å². The predicted octanol–water partition coefficient (Wildman–Crippen LogP) is 0.614. The van der Waals surface area contributed by atoms with Crippen LogP contribution in [0.4, 0.5) is 0 Å². The molecule has 0 radical (unpaired) electrons. The predicted molar refractivity (Wildman–Crippen MR) is 44.3 cm³/mol. The van der Waals surface area contributed by atoms with Crippen LogP contribution in [0.25, 0.3) is 0 Å². The molecule has 1 saturated heterocycles. The van der Waals surface area contributed by atoms with Crippen molar-refractivity contribution < 1.29 is 5.11 Å². The number of nitrogens with one attached hydrogen (secondary N) is 1. The lowest BCUT2D eigenvalue weighted by Crippen LogP contribution is -2.38. The standard InChI is InChI=1S/C9H17NO/c11-4-3-9-7-1-2-8(9)6-10-5-7/h7-11H,1-6H2/t7-,8+,9?. The second-order valence-electron chi connectivity index (χ2n) is 3.93. The third kappa shape index (κ3) is 1.30. The van der Waals surface area contributed by atoms with Crippen molar-refractivity contribution >= 4 is 0 Å². The number of piperidine rings is 1. The third-order valence-electron chi connectivity index (χ3n) is 3.39. The minimum absolute atomic E-state index is 0.387. The Balaban J connectivity index is 1.97. The van der Waals surface area contributed by atoms with E-state index < -0.39 is 0 Å². The number of rotatable bonds is 2. The van der Waals surface area contributed by atoms with Crippen LogP contribution in [-0.2, 0) is 0 Å². The lowest BCUT2D eigenvalue weighted by Gasteiger charge is -2.30. The molecule has 3 atom stereocenters. The molecule has 0 aromatic rings. The Morgan fingerprint density at radius 3 is 2.36 bits per heavy atom. The molecule has 0 aromatic heterocycles. The molecular formula is C9H17NO. The molecule has 11 heavy (non-hydrogen) atoms. The third-order valence-corrected chi connectivity index (χ3v) is 3.39. The molecular weight excluding hydrogens is 138 g/mol. The summed E-state index contributed by atoms with van der Waals surface area (Å²) in [5, 5.41) is 12.3. The van der Waals surface area contributed by atoms with Gasteiger partial charge in [0.1, 0.15) is 0 Å². The van der Waals surface area contributed by atoms with Gasteiger partial charge in [0.2, 0.25) is 0 Å². The van der Waals surface area contributed by atoms with Gasteiger partial charge in [-0.15, -0.1) is 0 Å². The van der Waals surface area contributed by atoms with Gasteiger partial charge in [-0.1, -0.05) is 0 Å². The maximum absolute atomic E-state index is 8.86. The zero-order chi connectivity index (χ0) is 7.68. The molecule has 1 unspecified atom stereocenters. The zero-order valence-electron chi connectivity index (χ0n) is 6.92. The molecule has 2 fully saturated rings. The highest BCUT2D eigenvalue weighted by Crippen LogP contribution is 2.40. The fraction of sp³-hybridized carbons (Fsp3) is 1.00. The van der Waals surface area contributed by atoms with Gasteiger partial charge < -0.3 is 10.4 Å². The minimum atomic E-state index is 0.387. The monoisotopic (exact) mass is 155 g/mol. The number of aliphatic hydroxyl groups is 1. The fourth-order valence-corrected chi connectivity index (χ4v) is 2.82. The highest BCUT2D eigenvalue weighted by molar-refractivity contribution is 4.90. The Bertz CT molecular complexity index is 122. The summed E-state index contributed by atoms with van der Waals surface area (Å²) in [4.78, 5) is 0. The second kappa shape index (κ2) is 3.11. The van der Waals surface area contributed by atoms with E-state index in [9.17, 15) is 0 Å². The van der Waals surface area contributed by atoms with E-state index in [0.29, 0.717) is 6.61 Å². The van der Waals surface area contributed by atoms with Gasteiger partial charge in [-0.2, -0.15) is 0 Å². The Labute approximate surface area is 68.0 Å². The molecule has 1 aliphatic carbocycles. The lowest BCUT2D eigenvalue weighted by atomic mass is 9.84. The van der Waals surface area contributed by atoms with Crippen LogP contribution in [0.5, 0.6) is 0 Å². The Morgan fingerprint density at radius 1 is 1.18 bits per heavy atom.